The first-order valence-corrected chi connectivity index (χ1v) is 6.60. The Labute approximate surface area is 114 Å². The van der Waals surface area contributed by atoms with Crippen LogP contribution in [0.4, 0.5) is 11.4 Å². The standard InChI is InChI=1S/C16H20N2O/c1-2-11-19-16-10-6-5-9-15(16)18-12-13-7-3-4-8-14(13)17/h3-10,18H,2,11-12,17H2,1H3. The Morgan fingerprint density at radius 2 is 1.79 bits per heavy atom. The largest absolute Gasteiger partial charge is 0.491 e. The monoisotopic (exact) mass is 256 g/mol. The molecule has 0 spiro atoms. The lowest BCUT2D eigenvalue weighted by Gasteiger charge is -2.13. The quantitative estimate of drug-likeness (QED) is 0.775. The molecule has 19 heavy (non-hydrogen) atoms. The van der Waals surface area contributed by atoms with Crippen LogP contribution in [0.15, 0.2) is 48.5 Å². The first-order valence-electron chi connectivity index (χ1n) is 6.60. The third-order valence-corrected chi connectivity index (χ3v) is 2.87. The summed E-state index contributed by atoms with van der Waals surface area (Å²) in [6.07, 6.45) is 1.000. The zero-order chi connectivity index (χ0) is 13.5. The van der Waals surface area contributed by atoms with Crippen LogP contribution in [-0.2, 0) is 6.54 Å². The number of para-hydroxylation sites is 3. The fourth-order valence-corrected chi connectivity index (χ4v) is 1.84. The van der Waals surface area contributed by atoms with E-state index in [4.69, 9.17) is 10.5 Å². The van der Waals surface area contributed by atoms with Gasteiger partial charge in [-0.25, -0.2) is 0 Å². The molecule has 0 radical (unpaired) electrons. The van der Waals surface area contributed by atoms with Gasteiger partial charge in [0.1, 0.15) is 5.75 Å². The number of rotatable bonds is 6. The zero-order valence-corrected chi connectivity index (χ0v) is 11.2. The summed E-state index contributed by atoms with van der Waals surface area (Å²) in [5, 5.41) is 3.37. The minimum absolute atomic E-state index is 0.694. The highest BCUT2D eigenvalue weighted by atomic mass is 16.5. The maximum absolute atomic E-state index is 5.93. The molecule has 0 bridgehead atoms. The van der Waals surface area contributed by atoms with Crippen molar-refractivity contribution in [3.63, 3.8) is 0 Å². The molecule has 0 fully saturated rings. The van der Waals surface area contributed by atoms with Crippen molar-refractivity contribution in [2.24, 2.45) is 0 Å². The van der Waals surface area contributed by atoms with Crippen LogP contribution in [0.1, 0.15) is 18.9 Å². The Morgan fingerprint density at radius 3 is 2.58 bits per heavy atom. The highest BCUT2D eigenvalue weighted by Gasteiger charge is 2.03. The van der Waals surface area contributed by atoms with Crippen LogP contribution in [0.2, 0.25) is 0 Å². The van der Waals surface area contributed by atoms with Crippen molar-refractivity contribution < 1.29 is 4.74 Å². The van der Waals surface area contributed by atoms with Gasteiger partial charge in [0.2, 0.25) is 0 Å². The van der Waals surface area contributed by atoms with Gasteiger partial charge >= 0.3 is 0 Å². The molecule has 0 aromatic heterocycles. The van der Waals surface area contributed by atoms with Crippen molar-refractivity contribution >= 4 is 11.4 Å². The molecule has 3 N–H and O–H groups in total. The second-order valence-corrected chi connectivity index (χ2v) is 4.40. The number of ether oxygens (including phenoxy) is 1. The van der Waals surface area contributed by atoms with Crippen LogP contribution in [-0.4, -0.2) is 6.61 Å². The summed E-state index contributed by atoms with van der Waals surface area (Å²) in [6.45, 7) is 3.52. The van der Waals surface area contributed by atoms with Gasteiger partial charge in [-0.2, -0.15) is 0 Å². The van der Waals surface area contributed by atoms with Gasteiger partial charge in [-0.3, -0.25) is 0 Å². The molecule has 2 rings (SSSR count). The molecule has 0 aliphatic carbocycles. The van der Waals surface area contributed by atoms with Gasteiger partial charge in [0, 0.05) is 12.2 Å². The number of benzene rings is 2. The fourth-order valence-electron chi connectivity index (χ4n) is 1.84. The van der Waals surface area contributed by atoms with E-state index < -0.39 is 0 Å². The Morgan fingerprint density at radius 1 is 1.05 bits per heavy atom. The van der Waals surface area contributed by atoms with Gasteiger partial charge in [0.05, 0.1) is 12.3 Å². The van der Waals surface area contributed by atoms with E-state index in [1.807, 2.05) is 48.5 Å². The smallest absolute Gasteiger partial charge is 0.142 e. The fraction of sp³-hybridized carbons (Fsp3) is 0.250. The van der Waals surface area contributed by atoms with Crippen molar-refractivity contribution in [3.05, 3.63) is 54.1 Å². The molecule has 0 aliphatic heterocycles. The normalized spacial score (nSPS) is 10.2. The van der Waals surface area contributed by atoms with Crippen molar-refractivity contribution in [2.75, 3.05) is 17.7 Å². The minimum Gasteiger partial charge on any atom is -0.491 e. The molecule has 0 amide bonds. The van der Waals surface area contributed by atoms with Gasteiger partial charge in [0.25, 0.3) is 0 Å². The number of nitrogen functional groups attached to an aromatic ring is 1. The topological polar surface area (TPSA) is 47.3 Å². The molecule has 3 heteroatoms. The van der Waals surface area contributed by atoms with E-state index in [1.165, 1.54) is 0 Å². The van der Waals surface area contributed by atoms with Crippen LogP contribution in [0.5, 0.6) is 5.75 Å². The first-order chi connectivity index (χ1) is 9.31. The van der Waals surface area contributed by atoms with Crippen molar-refractivity contribution in [3.8, 4) is 5.75 Å². The van der Waals surface area contributed by atoms with Crippen molar-refractivity contribution in [1.29, 1.82) is 0 Å². The van der Waals surface area contributed by atoms with Crippen molar-refractivity contribution in [1.82, 2.24) is 0 Å². The Balaban J connectivity index is 2.05. The summed E-state index contributed by atoms with van der Waals surface area (Å²) < 4.78 is 5.71. The molecule has 0 saturated heterocycles. The van der Waals surface area contributed by atoms with Crippen LogP contribution in [0, 0.1) is 0 Å². The molecule has 100 valence electrons. The molecular weight excluding hydrogens is 236 g/mol. The second-order valence-electron chi connectivity index (χ2n) is 4.40. The average molecular weight is 256 g/mol. The summed E-state index contributed by atoms with van der Waals surface area (Å²) in [7, 11) is 0. The van der Waals surface area contributed by atoms with E-state index >= 15 is 0 Å². The lowest BCUT2D eigenvalue weighted by molar-refractivity contribution is 0.319. The molecule has 0 saturated carbocycles. The first kappa shape index (κ1) is 13.3. The van der Waals surface area contributed by atoms with Crippen LogP contribution >= 0.6 is 0 Å². The Bertz CT molecular complexity index is 526. The molecular formula is C16H20N2O. The van der Waals surface area contributed by atoms with Crippen LogP contribution < -0.4 is 15.8 Å². The summed E-state index contributed by atoms with van der Waals surface area (Å²) in [5.41, 5.74) is 8.83. The third-order valence-electron chi connectivity index (χ3n) is 2.87. The average Bonchev–Trinajstić information content (AvgIpc) is 2.45. The van der Waals surface area contributed by atoms with Crippen LogP contribution in [0.3, 0.4) is 0 Å². The van der Waals surface area contributed by atoms with E-state index in [0.29, 0.717) is 6.54 Å². The molecule has 2 aromatic rings. The molecule has 0 aliphatic rings. The number of hydrogen-bond donors (Lipinski definition) is 2. The third kappa shape index (κ3) is 3.65. The number of hydrogen-bond acceptors (Lipinski definition) is 3. The maximum atomic E-state index is 5.93. The SMILES string of the molecule is CCCOc1ccccc1NCc1ccccc1N. The Kier molecular flexibility index (Phi) is 4.67. The second kappa shape index (κ2) is 6.69. The predicted molar refractivity (Wildman–Crippen MR) is 80.4 cm³/mol. The van der Waals surface area contributed by atoms with Gasteiger partial charge in [-0.1, -0.05) is 37.3 Å². The zero-order valence-electron chi connectivity index (χ0n) is 11.2. The van der Waals surface area contributed by atoms with Gasteiger partial charge in [-0.05, 0) is 30.2 Å². The molecule has 0 atom stereocenters. The van der Waals surface area contributed by atoms with Gasteiger partial charge in [-0.15, -0.1) is 0 Å². The van der Waals surface area contributed by atoms with Gasteiger partial charge < -0.3 is 15.8 Å². The summed E-state index contributed by atoms with van der Waals surface area (Å²) in [5.74, 6) is 0.888. The lowest BCUT2D eigenvalue weighted by Crippen LogP contribution is -2.05. The van der Waals surface area contributed by atoms with Crippen molar-refractivity contribution in [2.45, 2.75) is 19.9 Å². The highest BCUT2D eigenvalue weighted by molar-refractivity contribution is 5.57. The predicted octanol–water partition coefficient (Wildman–Crippen LogP) is 3.67. The molecule has 0 heterocycles. The number of nitrogens with two attached hydrogens (primary N) is 1. The van der Waals surface area contributed by atoms with E-state index in [0.717, 1.165) is 35.7 Å². The summed E-state index contributed by atoms with van der Waals surface area (Å²) in [6, 6.07) is 15.8. The highest BCUT2D eigenvalue weighted by Crippen LogP contribution is 2.25. The van der Waals surface area contributed by atoms with E-state index in [1.54, 1.807) is 0 Å². The number of anilines is 2. The maximum Gasteiger partial charge on any atom is 0.142 e. The van der Waals surface area contributed by atoms with E-state index in [9.17, 15) is 0 Å². The number of nitrogens with one attached hydrogen (secondary N) is 1. The Hall–Kier alpha value is -2.16. The molecule has 3 nitrogen and oxygen atoms in total. The van der Waals surface area contributed by atoms with E-state index in [-0.39, 0.29) is 0 Å². The van der Waals surface area contributed by atoms with Crippen LogP contribution in [0.25, 0.3) is 0 Å². The molecule has 2 aromatic carbocycles. The van der Waals surface area contributed by atoms with Gasteiger partial charge in [0.15, 0.2) is 0 Å². The van der Waals surface area contributed by atoms with E-state index in [2.05, 4.69) is 12.2 Å². The summed E-state index contributed by atoms with van der Waals surface area (Å²) >= 11 is 0. The summed E-state index contributed by atoms with van der Waals surface area (Å²) in [4.78, 5) is 0. The lowest BCUT2D eigenvalue weighted by atomic mass is 10.2. The molecule has 0 unspecified atom stereocenters. The minimum atomic E-state index is 0.694.